The zero-order valence-electron chi connectivity index (χ0n) is 12.3. The third-order valence-corrected chi connectivity index (χ3v) is 4.19. The van der Waals surface area contributed by atoms with Crippen LogP contribution in [-0.2, 0) is 10.0 Å². The van der Waals surface area contributed by atoms with Crippen LogP contribution in [0.2, 0.25) is 0 Å². The van der Waals surface area contributed by atoms with E-state index in [4.69, 9.17) is 9.88 Å². The largest absolute Gasteiger partial charge is 0.457 e. The van der Waals surface area contributed by atoms with Gasteiger partial charge in [0.15, 0.2) is 0 Å². The van der Waals surface area contributed by atoms with E-state index in [0.717, 1.165) is 11.3 Å². The molecule has 4 nitrogen and oxygen atoms in total. The van der Waals surface area contributed by atoms with Crippen molar-refractivity contribution in [2.75, 3.05) is 0 Å². The average Bonchev–Trinajstić information content (AvgIpc) is 2.40. The van der Waals surface area contributed by atoms with Gasteiger partial charge in [-0.05, 0) is 54.3 Å². The predicted octanol–water partition coefficient (Wildman–Crippen LogP) is 3.56. The molecule has 0 fully saturated rings. The monoisotopic (exact) mass is 305 g/mol. The topological polar surface area (TPSA) is 69.4 Å². The van der Waals surface area contributed by atoms with Gasteiger partial charge in [-0.25, -0.2) is 13.6 Å². The van der Waals surface area contributed by atoms with E-state index in [0.29, 0.717) is 11.7 Å². The Bertz CT molecular complexity index is 735. The smallest absolute Gasteiger partial charge is 0.238 e. The third-order valence-electron chi connectivity index (χ3n) is 3.26. The van der Waals surface area contributed by atoms with Crippen molar-refractivity contribution in [2.24, 2.45) is 5.14 Å². The molecule has 2 rings (SSSR count). The maximum Gasteiger partial charge on any atom is 0.238 e. The molecule has 112 valence electrons. The van der Waals surface area contributed by atoms with Gasteiger partial charge in [0.25, 0.3) is 0 Å². The second-order valence-electron chi connectivity index (χ2n) is 5.30. The minimum Gasteiger partial charge on any atom is -0.457 e. The number of benzene rings is 2. The number of primary sulfonamides is 1. The number of hydrogen-bond donors (Lipinski definition) is 1. The molecule has 2 aromatic carbocycles. The Kier molecular flexibility index (Phi) is 4.34. The van der Waals surface area contributed by atoms with Crippen molar-refractivity contribution in [3.8, 4) is 11.5 Å². The van der Waals surface area contributed by atoms with Gasteiger partial charge in [0.1, 0.15) is 11.5 Å². The molecule has 0 radical (unpaired) electrons. The van der Waals surface area contributed by atoms with Crippen molar-refractivity contribution in [1.29, 1.82) is 0 Å². The summed E-state index contributed by atoms with van der Waals surface area (Å²) in [6, 6.07) is 12.2. The Morgan fingerprint density at radius 1 is 1.05 bits per heavy atom. The van der Waals surface area contributed by atoms with Crippen LogP contribution in [-0.4, -0.2) is 8.42 Å². The molecule has 0 heterocycles. The summed E-state index contributed by atoms with van der Waals surface area (Å²) >= 11 is 0. The first-order valence-corrected chi connectivity index (χ1v) is 8.23. The molecule has 0 saturated carbocycles. The van der Waals surface area contributed by atoms with E-state index >= 15 is 0 Å². The normalized spacial score (nSPS) is 11.7. The minimum absolute atomic E-state index is 0.0718. The summed E-state index contributed by atoms with van der Waals surface area (Å²) in [5.41, 5.74) is 2.21. The molecular formula is C16H19NO3S. The van der Waals surface area contributed by atoms with Gasteiger partial charge in [-0.15, -0.1) is 0 Å². The zero-order valence-corrected chi connectivity index (χ0v) is 13.1. The van der Waals surface area contributed by atoms with Crippen LogP contribution in [0.25, 0.3) is 0 Å². The molecule has 0 aliphatic rings. The molecular weight excluding hydrogens is 286 g/mol. The lowest BCUT2D eigenvalue weighted by Gasteiger charge is -2.12. The molecule has 0 unspecified atom stereocenters. The summed E-state index contributed by atoms with van der Waals surface area (Å²) in [5.74, 6) is 1.76. The molecule has 2 N–H and O–H groups in total. The van der Waals surface area contributed by atoms with E-state index in [2.05, 4.69) is 19.9 Å². The van der Waals surface area contributed by atoms with Gasteiger partial charge < -0.3 is 4.74 Å². The number of aryl methyl sites for hydroxylation is 1. The highest BCUT2D eigenvalue weighted by Gasteiger charge is 2.09. The second kappa shape index (κ2) is 5.87. The number of hydrogen-bond acceptors (Lipinski definition) is 3. The van der Waals surface area contributed by atoms with E-state index < -0.39 is 10.0 Å². The maximum absolute atomic E-state index is 11.2. The maximum atomic E-state index is 11.2. The summed E-state index contributed by atoms with van der Waals surface area (Å²) in [4.78, 5) is 0.0718. The van der Waals surface area contributed by atoms with Crippen LogP contribution in [0, 0.1) is 6.92 Å². The van der Waals surface area contributed by atoms with Crippen molar-refractivity contribution < 1.29 is 13.2 Å². The Morgan fingerprint density at radius 3 is 2.19 bits per heavy atom. The highest BCUT2D eigenvalue weighted by molar-refractivity contribution is 7.89. The molecule has 21 heavy (non-hydrogen) atoms. The van der Waals surface area contributed by atoms with Gasteiger partial charge in [0.05, 0.1) is 4.90 Å². The lowest BCUT2D eigenvalue weighted by atomic mass is 10.0. The second-order valence-corrected chi connectivity index (χ2v) is 6.86. The molecule has 0 aliphatic carbocycles. The van der Waals surface area contributed by atoms with Crippen molar-refractivity contribution in [2.45, 2.75) is 31.6 Å². The van der Waals surface area contributed by atoms with Crippen LogP contribution in [0.3, 0.4) is 0 Å². The fourth-order valence-corrected chi connectivity index (χ4v) is 2.43. The van der Waals surface area contributed by atoms with E-state index in [9.17, 15) is 8.42 Å². The van der Waals surface area contributed by atoms with E-state index in [1.807, 2.05) is 19.1 Å². The van der Waals surface area contributed by atoms with Crippen molar-refractivity contribution in [3.63, 3.8) is 0 Å². The van der Waals surface area contributed by atoms with Crippen LogP contribution < -0.4 is 9.88 Å². The van der Waals surface area contributed by atoms with Crippen molar-refractivity contribution in [3.05, 3.63) is 53.6 Å². The first-order valence-electron chi connectivity index (χ1n) is 6.68. The van der Waals surface area contributed by atoms with Crippen molar-refractivity contribution in [1.82, 2.24) is 0 Å². The van der Waals surface area contributed by atoms with Crippen LogP contribution in [0.4, 0.5) is 0 Å². The van der Waals surface area contributed by atoms with E-state index in [1.165, 1.54) is 17.7 Å². The molecule has 0 atom stereocenters. The van der Waals surface area contributed by atoms with E-state index in [-0.39, 0.29) is 4.90 Å². The Morgan fingerprint density at radius 2 is 1.67 bits per heavy atom. The Labute approximate surface area is 125 Å². The lowest BCUT2D eigenvalue weighted by Crippen LogP contribution is -2.11. The molecule has 0 bridgehead atoms. The fraction of sp³-hybridized carbons (Fsp3) is 0.250. The highest BCUT2D eigenvalue weighted by atomic mass is 32.2. The zero-order chi connectivity index (χ0) is 15.6. The van der Waals surface area contributed by atoms with Crippen LogP contribution in [0.15, 0.2) is 47.4 Å². The van der Waals surface area contributed by atoms with Crippen LogP contribution in [0.5, 0.6) is 11.5 Å². The van der Waals surface area contributed by atoms with Gasteiger partial charge in [-0.1, -0.05) is 26.0 Å². The van der Waals surface area contributed by atoms with Gasteiger partial charge in [0.2, 0.25) is 10.0 Å². The van der Waals surface area contributed by atoms with Gasteiger partial charge >= 0.3 is 0 Å². The minimum atomic E-state index is -3.67. The standard InChI is InChI=1S/C16H19NO3S/c1-11(2)13-5-4-12(3)16(10-13)20-14-6-8-15(9-7-14)21(17,18)19/h4-11H,1-3H3,(H2,17,18,19). The van der Waals surface area contributed by atoms with Gasteiger partial charge in [-0.2, -0.15) is 0 Å². The summed E-state index contributed by atoms with van der Waals surface area (Å²) in [6.07, 6.45) is 0. The SMILES string of the molecule is Cc1ccc(C(C)C)cc1Oc1ccc(S(N)(=O)=O)cc1. The number of ether oxygens (including phenoxy) is 1. The summed E-state index contributed by atoms with van der Waals surface area (Å²) in [6.45, 7) is 6.21. The van der Waals surface area contributed by atoms with Crippen LogP contribution >= 0.6 is 0 Å². The summed E-state index contributed by atoms with van der Waals surface area (Å²) in [7, 11) is -3.67. The number of nitrogens with two attached hydrogens (primary N) is 1. The third kappa shape index (κ3) is 3.83. The Hall–Kier alpha value is -1.85. The molecule has 0 aromatic heterocycles. The van der Waals surface area contributed by atoms with Crippen molar-refractivity contribution >= 4 is 10.0 Å². The highest BCUT2D eigenvalue weighted by Crippen LogP contribution is 2.29. The summed E-state index contributed by atoms with van der Waals surface area (Å²) in [5, 5.41) is 5.07. The summed E-state index contributed by atoms with van der Waals surface area (Å²) < 4.78 is 28.3. The molecule has 0 amide bonds. The van der Waals surface area contributed by atoms with E-state index in [1.54, 1.807) is 12.1 Å². The van der Waals surface area contributed by atoms with Crippen LogP contribution in [0.1, 0.15) is 30.9 Å². The van der Waals surface area contributed by atoms with Gasteiger partial charge in [-0.3, -0.25) is 0 Å². The molecule has 0 spiro atoms. The first-order chi connectivity index (χ1) is 9.77. The van der Waals surface area contributed by atoms with Gasteiger partial charge in [0, 0.05) is 0 Å². The lowest BCUT2D eigenvalue weighted by molar-refractivity contribution is 0.477. The first kappa shape index (κ1) is 15.5. The number of rotatable bonds is 4. The molecule has 0 aliphatic heterocycles. The fourth-order valence-electron chi connectivity index (χ4n) is 1.91. The average molecular weight is 305 g/mol. The molecule has 0 saturated heterocycles. The Balaban J connectivity index is 2.28. The predicted molar refractivity (Wildman–Crippen MR) is 83.2 cm³/mol. The number of sulfonamides is 1. The quantitative estimate of drug-likeness (QED) is 0.939. The molecule has 5 heteroatoms. The molecule has 2 aromatic rings.